The van der Waals surface area contributed by atoms with Crippen LogP contribution in [0.4, 0.5) is 5.69 Å². The third-order valence-corrected chi connectivity index (χ3v) is 3.50. The smallest absolute Gasteiger partial charge is 0.292 e. The van der Waals surface area contributed by atoms with Crippen LogP contribution in [0.25, 0.3) is 9.69 Å². The molecule has 2 rings (SSSR count). The van der Waals surface area contributed by atoms with Gasteiger partial charge in [-0.1, -0.05) is 22.4 Å². The molecule has 0 bridgehead atoms. The summed E-state index contributed by atoms with van der Waals surface area (Å²) in [6.45, 7) is 14.6. The van der Waals surface area contributed by atoms with E-state index < -0.39 is 0 Å². The molecule has 1 aliphatic carbocycles. The van der Waals surface area contributed by atoms with E-state index in [4.69, 9.17) is 13.1 Å². The van der Waals surface area contributed by atoms with Crippen molar-refractivity contribution in [3.05, 3.63) is 63.0 Å². The summed E-state index contributed by atoms with van der Waals surface area (Å²) in [7, 11) is 0. The molecule has 0 atom stereocenters. The molecular weight excluding hydrogens is 290 g/mol. The predicted molar refractivity (Wildman–Crippen MR) is 75.6 cm³/mol. The van der Waals surface area contributed by atoms with E-state index in [-0.39, 0.29) is 6.67 Å². The van der Waals surface area contributed by atoms with Crippen LogP contribution in [0.5, 0.6) is 0 Å². The molecule has 90 valence electrons. The number of hydrogen-bond acceptors (Lipinski definition) is 1. The molecule has 0 aliphatic heterocycles. The Hall–Kier alpha value is -1.78. The van der Waals surface area contributed by atoms with Crippen LogP contribution in [0.15, 0.2) is 40.1 Å². The van der Waals surface area contributed by atoms with Gasteiger partial charge in [0.25, 0.3) is 6.67 Å². The molecule has 1 aromatic carbocycles. The van der Waals surface area contributed by atoms with Crippen molar-refractivity contribution >= 4 is 21.6 Å². The Morgan fingerprint density at radius 1 is 1.17 bits per heavy atom. The van der Waals surface area contributed by atoms with Gasteiger partial charge in [-0.2, -0.15) is 0 Å². The second-order valence-corrected chi connectivity index (χ2v) is 4.98. The number of hydrogen-bond donors (Lipinski definition) is 0. The highest BCUT2D eigenvalue weighted by molar-refractivity contribution is 9.10. The Labute approximate surface area is 115 Å². The van der Waals surface area contributed by atoms with Crippen LogP contribution in [0, 0.1) is 13.1 Å². The van der Waals surface area contributed by atoms with Gasteiger partial charge in [-0.25, -0.2) is 11.4 Å². The average Bonchev–Trinajstić information content (AvgIpc) is 2.85. The fourth-order valence-corrected chi connectivity index (χ4v) is 2.40. The number of nitrogens with zero attached hydrogens (tertiary/aromatic N) is 3. The Morgan fingerprint density at radius 2 is 1.89 bits per heavy atom. The van der Waals surface area contributed by atoms with Gasteiger partial charge in [-0.3, -0.25) is 9.74 Å². The molecule has 0 unspecified atom stereocenters. The third-order valence-electron chi connectivity index (χ3n) is 2.97. The van der Waals surface area contributed by atoms with Gasteiger partial charge >= 0.3 is 0 Å². The summed E-state index contributed by atoms with van der Waals surface area (Å²) in [5, 5.41) is 0. The van der Waals surface area contributed by atoms with E-state index in [1.165, 1.54) is 0 Å². The number of anilines is 1. The zero-order valence-corrected chi connectivity index (χ0v) is 11.4. The lowest BCUT2D eigenvalue weighted by molar-refractivity contribution is 0.862. The standard InChI is InChI=1S/C14H12BrN3/c1-16-10-18(12-8-6-11(15)7-9-12)14-5-3-4-13(14)17-2/h6-9H,3-5,10H2. The van der Waals surface area contributed by atoms with Crippen LogP contribution in [-0.2, 0) is 0 Å². The summed E-state index contributed by atoms with van der Waals surface area (Å²) in [5.41, 5.74) is 2.80. The van der Waals surface area contributed by atoms with E-state index in [1.54, 1.807) is 0 Å². The maximum atomic E-state index is 7.21. The van der Waals surface area contributed by atoms with Crippen LogP contribution in [-0.4, -0.2) is 6.67 Å². The monoisotopic (exact) mass is 301 g/mol. The maximum Gasteiger partial charge on any atom is 0.292 e. The van der Waals surface area contributed by atoms with E-state index in [0.29, 0.717) is 0 Å². The summed E-state index contributed by atoms with van der Waals surface area (Å²) in [5.74, 6) is 0. The van der Waals surface area contributed by atoms with Gasteiger partial charge in [0.2, 0.25) is 0 Å². The highest BCUT2D eigenvalue weighted by atomic mass is 79.9. The second-order valence-electron chi connectivity index (χ2n) is 4.06. The number of rotatable bonds is 3. The van der Waals surface area contributed by atoms with E-state index in [2.05, 4.69) is 25.6 Å². The van der Waals surface area contributed by atoms with Gasteiger partial charge in [0.05, 0.1) is 6.57 Å². The lowest BCUT2D eigenvalue weighted by atomic mass is 10.2. The van der Waals surface area contributed by atoms with Gasteiger partial charge in [0.15, 0.2) is 5.70 Å². The fraction of sp³-hybridized carbons (Fsp3) is 0.286. The maximum absolute atomic E-state index is 7.21. The van der Waals surface area contributed by atoms with Crippen molar-refractivity contribution in [2.75, 3.05) is 11.6 Å². The molecule has 0 aromatic heterocycles. The Balaban J connectivity index is 2.38. The SMILES string of the molecule is [C-]#[N+]CN(C1=C([N+]#[C-])CCC1)c1ccc(Br)cc1. The Bertz CT molecular complexity index is 546. The molecular formula is C14H12BrN3. The molecule has 0 saturated carbocycles. The number of allylic oxidation sites excluding steroid dienone is 2. The van der Waals surface area contributed by atoms with Gasteiger partial charge in [0, 0.05) is 15.9 Å². The first-order valence-electron chi connectivity index (χ1n) is 5.72. The molecule has 0 spiro atoms. The highest BCUT2D eigenvalue weighted by Gasteiger charge is 2.23. The van der Waals surface area contributed by atoms with Crippen molar-refractivity contribution in [2.24, 2.45) is 0 Å². The van der Waals surface area contributed by atoms with Crippen LogP contribution < -0.4 is 4.90 Å². The first kappa shape index (κ1) is 12.7. The highest BCUT2D eigenvalue weighted by Crippen LogP contribution is 2.33. The summed E-state index contributed by atoms with van der Waals surface area (Å²) in [6, 6.07) is 7.86. The average molecular weight is 302 g/mol. The van der Waals surface area contributed by atoms with Crippen LogP contribution in [0.1, 0.15) is 19.3 Å². The van der Waals surface area contributed by atoms with Crippen LogP contribution >= 0.6 is 15.9 Å². The molecule has 0 N–H and O–H groups in total. The second kappa shape index (κ2) is 5.71. The van der Waals surface area contributed by atoms with Crippen molar-refractivity contribution < 1.29 is 0 Å². The zero-order valence-electron chi connectivity index (χ0n) is 9.86. The molecule has 0 radical (unpaired) electrons. The third kappa shape index (κ3) is 2.55. The van der Waals surface area contributed by atoms with Gasteiger partial charge in [-0.15, -0.1) is 0 Å². The quantitative estimate of drug-likeness (QED) is 0.751. The first-order chi connectivity index (χ1) is 8.76. The largest absolute Gasteiger partial charge is 0.293 e. The van der Waals surface area contributed by atoms with Crippen molar-refractivity contribution in [2.45, 2.75) is 19.3 Å². The van der Waals surface area contributed by atoms with E-state index in [9.17, 15) is 0 Å². The lowest BCUT2D eigenvalue weighted by Crippen LogP contribution is -2.21. The van der Waals surface area contributed by atoms with Crippen LogP contribution in [0.3, 0.4) is 0 Å². The molecule has 0 heterocycles. The molecule has 0 saturated heterocycles. The van der Waals surface area contributed by atoms with Crippen LogP contribution in [0.2, 0.25) is 0 Å². The Morgan fingerprint density at radius 3 is 2.50 bits per heavy atom. The van der Waals surface area contributed by atoms with E-state index >= 15 is 0 Å². The van der Waals surface area contributed by atoms with Gasteiger partial charge in [0.1, 0.15) is 0 Å². The lowest BCUT2D eigenvalue weighted by Gasteiger charge is -2.21. The zero-order chi connectivity index (χ0) is 13.0. The van der Waals surface area contributed by atoms with Crippen molar-refractivity contribution in [1.82, 2.24) is 0 Å². The molecule has 3 nitrogen and oxygen atoms in total. The van der Waals surface area contributed by atoms with Crippen molar-refractivity contribution in [1.29, 1.82) is 0 Å². The Kier molecular flexibility index (Phi) is 4.02. The minimum atomic E-state index is 0.274. The topological polar surface area (TPSA) is 12.0 Å². The van der Waals surface area contributed by atoms with Crippen molar-refractivity contribution in [3.63, 3.8) is 0 Å². The molecule has 1 aliphatic rings. The number of halogens is 1. The van der Waals surface area contributed by atoms with E-state index in [0.717, 1.165) is 40.8 Å². The minimum Gasteiger partial charge on any atom is -0.293 e. The minimum absolute atomic E-state index is 0.274. The molecule has 4 heteroatoms. The molecule has 18 heavy (non-hydrogen) atoms. The molecule has 0 amide bonds. The van der Waals surface area contributed by atoms with E-state index in [1.807, 2.05) is 29.2 Å². The summed E-state index contributed by atoms with van der Waals surface area (Å²) < 4.78 is 1.01. The summed E-state index contributed by atoms with van der Waals surface area (Å²) in [6.07, 6.45) is 2.74. The van der Waals surface area contributed by atoms with Gasteiger partial charge in [-0.05, 0) is 37.1 Å². The normalized spacial score (nSPS) is 14.2. The molecule has 1 aromatic rings. The first-order valence-corrected chi connectivity index (χ1v) is 6.51. The van der Waals surface area contributed by atoms with Gasteiger partial charge < -0.3 is 0 Å². The fourth-order valence-electron chi connectivity index (χ4n) is 2.14. The summed E-state index contributed by atoms with van der Waals surface area (Å²) in [4.78, 5) is 9.02. The molecule has 0 fully saturated rings. The number of benzene rings is 1. The summed E-state index contributed by atoms with van der Waals surface area (Å²) >= 11 is 3.40. The van der Waals surface area contributed by atoms with Crippen molar-refractivity contribution in [3.8, 4) is 0 Å². The predicted octanol–water partition coefficient (Wildman–Crippen LogP) is 4.45.